The van der Waals surface area contributed by atoms with Crippen molar-refractivity contribution in [2.24, 2.45) is 5.92 Å². The molecule has 0 spiro atoms. The third-order valence-electron chi connectivity index (χ3n) is 3.76. The van der Waals surface area contributed by atoms with Gasteiger partial charge in [-0.15, -0.1) is 0 Å². The first kappa shape index (κ1) is 18.7. The molecule has 2 rings (SSSR count). The maximum Gasteiger partial charge on any atom is 0.277 e. The minimum Gasteiger partial charge on any atom is -0.395 e. The van der Waals surface area contributed by atoms with Crippen LogP contribution in [0.4, 0.5) is 5.69 Å². The van der Waals surface area contributed by atoms with Crippen molar-refractivity contribution in [1.29, 1.82) is 0 Å². The summed E-state index contributed by atoms with van der Waals surface area (Å²) in [5.74, 6) is -0.712. The van der Waals surface area contributed by atoms with Crippen molar-refractivity contribution in [1.82, 2.24) is 10.2 Å². The Labute approximate surface area is 146 Å². The lowest BCUT2D eigenvalue weighted by atomic mass is 10.1. The fraction of sp³-hybridized carbons (Fsp3) is 0.389. The summed E-state index contributed by atoms with van der Waals surface area (Å²) in [6.07, 6.45) is 1.21. The minimum atomic E-state index is -0.475. The standard InChI is InChI=1S/C18H23N3O4/c1-11(2)10-19-17(24)13-4-5-14(12(3)8-13)20-15-9-16(23)21(6-7-22)18(15)25/h4-5,8-9,11,20,22H,6-7,10H2,1-3H3,(H,19,24). The van der Waals surface area contributed by atoms with E-state index in [1.807, 2.05) is 20.8 Å². The molecule has 1 aliphatic rings. The van der Waals surface area contributed by atoms with Gasteiger partial charge >= 0.3 is 0 Å². The number of aliphatic hydroxyl groups excluding tert-OH is 1. The molecule has 1 heterocycles. The van der Waals surface area contributed by atoms with Crippen LogP contribution in [0.25, 0.3) is 0 Å². The van der Waals surface area contributed by atoms with Gasteiger partial charge in [-0.3, -0.25) is 19.3 Å². The largest absolute Gasteiger partial charge is 0.395 e. The van der Waals surface area contributed by atoms with Crippen LogP contribution in [-0.2, 0) is 9.59 Å². The maximum atomic E-state index is 12.1. The van der Waals surface area contributed by atoms with Crippen LogP contribution in [0.5, 0.6) is 0 Å². The zero-order chi connectivity index (χ0) is 18.6. The van der Waals surface area contributed by atoms with Gasteiger partial charge in [0, 0.05) is 23.9 Å². The van der Waals surface area contributed by atoms with E-state index in [4.69, 9.17) is 5.11 Å². The highest BCUT2D eigenvalue weighted by Crippen LogP contribution is 2.21. The molecule has 0 saturated carbocycles. The number of rotatable bonds is 7. The van der Waals surface area contributed by atoms with Crippen LogP contribution in [0.3, 0.4) is 0 Å². The molecule has 0 aromatic heterocycles. The number of amides is 3. The van der Waals surface area contributed by atoms with E-state index in [-0.39, 0.29) is 24.8 Å². The molecule has 3 amide bonds. The molecule has 0 saturated heterocycles. The van der Waals surface area contributed by atoms with Gasteiger partial charge in [-0.2, -0.15) is 0 Å². The summed E-state index contributed by atoms with van der Waals surface area (Å²) in [5.41, 5.74) is 2.10. The lowest BCUT2D eigenvalue weighted by Crippen LogP contribution is -2.34. The molecule has 0 atom stereocenters. The second-order valence-corrected chi connectivity index (χ2v) is 6.34. The fourth-order valence-corrected chi connectivity index (χ4v) is 2.40. The number of carbonyl (C=O) groups excluding carboxylic acids is 3. The number of hydrogen-bond acceptors (Lipinski definition) is 5. The molecule has 1 aromatic carbocycles. The summed E-state index contributed by atoms with van der Waals surface area (Å²) in [7, 11) is 0. The second-order valence-electron chi connectivity index (χ2n) is 6.34. The smallest absolute Gasteiger partial charge is 0.277 e. The van der Waals surface area contributed by atoms with Gasteiger partial charge < -0.3 is 15.7 Å². The number of nitrogens with one attached hydrogen (secondary N) is 2. The molecule has 0 aliphatic carbocycles. The predicted octanol–water partition coefficient (Wildman–Crippen LogP) is 1.04. The number of anilines is 1. The SMILES string of the molecule is Cc1cc(C(=O)NCC(C)C)ccc1NC1=CC(=O)N(CCO)C1=O. The third kappa shape index (κ3) is 4.45. The van der Waals surface area contributed by atoms with E-state index in [0.717, 1.165) is 10.5 Å². The maximum absolute atomic E-state index is 12.1. The Kier molecular flexibility index (Phi) is 5.93. The van der Waals surface area contributed by atoms with Gasteiger partial charge in [-0.25, -0.2) is 0 Å². The normalized spacial score (nSPS) is 14.1. The van der Waals surface area contributed by atoms with Crippen LogP contribution >= 0.6 is 0 Å². The topological polar surface area (TPSA) is 98.7 Å². The number of aliphatic hydroxyl groups is 1. The zero-order valence-corrected chi connectivity index (χ0v) is 14.6. The Balaban J connectivity index is 2.09. The van der Waals surface area contributed by atoms with Gasteiger partial charge in [0.25, 0.3) is 17.7 Å². The first-order valence-corrected chi connectivity index (χ1v) is 8.17. The highest BCUT2D eigenvalue weighted by Gasteiger charge is 2.30. The van der Waals surface area contributed by atoms with E-state index in [9.17, 15) is 14.4 Å². The van der Waals surface area contributed by atoms with Crippen molar-refractivity contribution < 1.29 is 19.5 Å². The lowest BCUT2D eigenvalue weighted by molar-refractivity contribution is -0.137. The average Bonchev–Trinajstić information content (AvgIpc) is 2.82. The minimum absolute atomic E-state index is 0.0344. The Hall–Kier alpha value is -2.67. The van der Waals surface area contributed by atoms with Crippen molar-refractivity contribution in [2.45, 2.75) is 20.8 Å². The molecule has 1 aliphatic heterocycles. The number of imide groups is 1. The van der Waals surface area contributed by atoms with Crippen LogP contribution in [0.15, 0.2) is 30.0 Å². The van der Waals surface area contributed by atoms with E-state index in [1.165, 1.54) is 6.08 Å². The van der Waals surface area contributed by atoms with E-state index >= 15 is 0 Å². The van der Waals surface area contributed by atoms with Crippen molar-refractivity contribution in [2.75, 3.05) is 25.0 Å². The molecule has 3 N–H and O–H groups in total. The third-order valence-corrected chi connectivity index (χ3v) is 3.76. The van der Waals surface area contributed by atoms with Crippen molar-refractivity contribution >= 4 is 23.4 Å². The Morgan fingerprint density at radius 1 is 1.28 bits per heavy atom. The number of β-amino-alcohol motifs (C(OH)–C–C–N with tert-alkyl or cyclic N) is 1. The van der Waals surface area contributed by atoms with E-state index < -0.39 is 11.8 Å². The molecular weight excluding hydrogens is 322 g/mol. The Morgan fingerprint density at radius 3 is 2.60 bits per heavy atom. The molecule has 0 radical (unpaired) electrons. The van der Waals surface area contributed by atoms with Gasteiger partial charge in [0.15, 0.2) is 0 Å². The molecule has 0 unspecified atom stereocenters. The molecule has 0 bridgehead atoms. The van der Waals surface area contributed by atoms with Crippen molar-refractivity contribution in [3.05, 3.63) is 41.1 Å². The Bertz CT molecular complexity index is 725. The summed E-state index contributed by atoms with van der Waals surface area (Å²) in [6.45, 7) is 6.14. The number of benzene rings is 1. The highest BCUT2D eigenvalue weighted by atomic mass is 16.3. The van der Waals surface area contributed by atoms with Crippen molar-refractivity contribution in [3.8, 4) is 0 Å². The van der Waals surface area contributed by atoms with Gasteiger partial charge in [0.2, 0.25) is 0 Å². The number of hydrogen-bond donors (Lipinski definition) is 3. The molecule has 134 valence electrons. The van der Waals surface area contributed by atoms with Gasteiger partial charge in [0.1, 0.15) is 5.70 Å². The molecule has 1 aromatic rings. The van der Waals surface area contributed by atoms with Crippen LogP contribution in [0.2, 0.25) is 0 Å². The number of carbonyl (C=O) groups is 3. The molecule has 7 heteroatoms. The first-order valence-electron chi connectivity index (χ1n) is 8.17. The van der Waals surface area contributed by atoms with Gasteiger partial charge in [-0.1, -0.05) is 13.8 Å². The van der Waals surface area contributed by atoms with E-state index in [1.54, 1.807) is 18.2 Å². The summed E-state index contributed by atoms with van der Waals surface area (Å²) < 4.78 is 0. The van der Waals surface area contributed by atoms with Crippen LogP contribution in [0, 0.1) is 12.8 Å². The Morgan fingerprint density at radius 2 is 2.00 bits per heavy atom. The van der Waals surface area contributed by atoms with E-state index in [0.29, 0.717) is 23.7 Å². The van der Waals surface area contributed by atoms with Gasteiger partial charge in [0.05, 0.1) is 13.2 Å². The predicted molar refractivity (Wildman–Crippen MR) is 93.9 cm³/mol. The van der Waals surface area contributed by atoms with E-state index in [2.05, 4.69) is 10.6 Å². The summed E-state index contributed by atoms with van der Waals surface area (Å²) in [6, 6.07) is 5.09. The summed E-state index contributed by atoms with van der Waals surface area (Å²) in [4.78, 5) is 37.0. The fourth-order valence-electron chi connectivity index (χ4n) is 2.40. The molecular formula is C18H23N3O4. The second kappa shape index (κ2) is 7.94. The quantitative estimate of drug-likeness (QED) is 0.641. The monoisotopic (exact) mass is 345 g/mol. The van der Waals surface area contributed by atoms with Crippen LogP contribution < -0.4 is 10.6 Å². The average molecular weight is 345 g/mol. The lowest BCUT2D eigenvalue weighted by Gasteiger charge is -2.15. The van der Waals surface area contributed by atoms with Crippen LogP contribution in [0.1, 0.15) is 29.8 Å². The number of aryl methyl sites for hydroxylation is 1. The van der Waals surface area contributed by atoms with Crippen molar-refractivity contribution in [3.63, 3.8) is 0 Å². The van der Waals surface area contributed by atoms with Gasteiger partial charge in [-0.05, 0) is 36.6 Å². The number of nitrogens with zero attached hydrogens (tertiary/aromatic N) is 1. The van der Waals surface area contributed by atoms with Crippen LogP contribution in [-0.4, -0.2) is 47.4 Å². The zero-order valence-electron chi connectivity index (χ0n) is 14.6. The first-order chi connectivity index (χ1) is 11.8. The molecule has 7 nitrogen and oxygen atoms in total. The molecule has 25 heavy (non-hydrogen) atoms. The summed E-state index contributed by atoms with van der Waals surface area (Å²) in [5, 5.41) is 14.7. The highest BCUT2D eigenvalue weighted by molar-refractivity contribution is 6.17. The summed E-state index contributed by atoms with van der Waals surface area (Å²) >= 11 is 0. The molecule has 0 fully saturated rings.